The molecule has 24 heavy (non-hydrogen) atoms. The summed E-state index contributed by atoms with van der Waals surface area (Å²) in [5.41, 5.74) is 1.99. The van der Waals surface area contributed by atoms with E-state index in [4.69, 9.17) is 0 Å². The first-order valence-corrected chi connectivity index (χ1v) is 8.08. The fourth-order valence-corrected chi connectivity index (χ4v) is 3.00. The normalized spacial score (nSPS) is 16.8. The van der Waals surface area contributed by atoms with Gasteiger partial charge in [-0.3, -0.25) is 15.0 Å². The second-order valence-corrected chi connectivity index (χ2v) is 5.99. The van der Waals surface area contributed by atoms with Crippen molar-refractivity contribution in [3.05, 3.63) is 70.3 Å². The molecule has 6 heteroatoms. The summed E-state index contributed by atoms with van der Waals surface area (Å²) < 4.78 is 0. The van der Waals surface area contributed by atoms with Gasteiger partial charge in [0.15, 0.2) is 0 Å². The Morgan fingerprint density at radius 3 is 2.21 bits per heavy atom. The van der Waals surface area contributed by atoms with Crippen molar-refractivity contribution in [2.45, 2.75) is 6.10 Å². The van der Waals surface area contributed by atoms with Crippen molar-refractivity contribution >= 4 is 11.4 Å². The van der Waals surface area contributed by atoms with E-state index in [0.717, 1.165) is 26.2 Å². The molecule has 3 rings (SSSR count). The maximum absolute atomic E-state index is 10.7. The van der Waals surface area contributed by atoms with E-state index in [1.54, 1.807) is 12.1 Å². The number of para-hydroxylation sites is 1. The molecule has 0 amide bonds. The van der Waals surface area contributed by atoms with Crippen LogP contribution in [0.5, 0.6) is 0 Å². The van der Waals surface area contributed by atoms with Gasteiger partial charge in [0.05, 0.1) is 11.0 Å². The molecule has 6 nitrogen and oxygen atoms in total. The van der Waals surface area contributed by atoms with Crippen molar-refractivity contribution < 1.29 is 10.0 Å². The standard InChI is InChI=1S/C18H21N3O3/c22-18(15-6-8-17(9-7-15)21(23)24)14-19-10-12-20(13-11-19)16-4-2-1-3-5-16/h1-9,18,22H,10-14H2/t18-/m0/s1. The summed E-state index contributed by atoms with van der Waals surface area (Å²) in [7, 11) is 0. The van der Waals surface area contributed by atoms with Gasteiger partial charge in [-0.15, -0.1) is 0 Å². The summed E-state index contributed by atoms with van der Waals surface area (Å²) in [6.45, 7) is 4.17. The summed E-state index contributed by atoms with van der Waals surface area (Å²) in [6, 6.07) is 16.5. The van der Waals surface area contributed by atoms with Crippen LogP contribution in [0.1, 0.15) is 11.7 Å². The molecule has 0 aromatic heterocycles. The third-order valence-electron chi connectivity index (χ3n) is 4.41. The zero-order valence-electron chi connectivity index (χ0n) is 13.4. The second kappa shape index (κ2) is 7.42. The zero-order valence-corrected chi connectivity index (χ0v) is 13.4. The van der Waals surface area contributed by atoms with E-state index in [-0.39, 0.29) is 5.69 Å². The first-order valence-electron chi connectivity index (χ1n) is 8.08. The molecule has 0 bridgehead atoms. The van der Waals surface area contributed by atoms with Gasteiger partial charge >= 0.3 is 0 Å². The van der Waals surface area contributed by atoms with Gasteiger partial charge in [0, 0.05) is 50.5 Å². The lowest BCUT2D eigenvalue weighted by Crippen LogP contribution is -2.47. The van der Waals surface area contributed by atoms with Crippen LogP contribution in [-0.2, 0) is 0 Å². The topological polar surface area (TPSA) is 69.8 Å². The number of piperazine rings is 1. The predicted octanol–water partition coefficient (Wildman–Crippen LogP) is 2.45. The molecule has 2 aromatic rings. The largest absolute Gasteiger partial charge is 0.387 e. The first kappa shape index (κ1) is 16.4. The minimum Gasteiger partial charge on any atom is -0.387 e. The van der Waals surface area contributed by atoms with Crippen LogP contribution in [0.4, 0.5) is 11.4 Å². The molecule has 0 unspecified atom stereocenters. The zero-order chi connectivity index (χ0) is 16.9. The Kier molecular flexibility index (Phi) is 5.08. The number of nitrogens with zero attached hydrogens (tertiary/aromatic N) is 3. The van der Waals surface area contributed by atoms with Gasteiger partial charge in [0.2, 0.25) is 0 Å². The van der Waals surface area contributed by atoms with Crippen molar-refractivity contribution in [1.29, 1.82) is 0 Å². The molecule has 1 atom stereocenters. The molecule has 1 fully saturated rings. The monoisotopic (exact) mass is 327 g/mol. The van der Waals surface area contributed by atoms with Crippen LogP contribution in [-0.4, -0.2) is 47.7 Å². The van der Waals surface area contributed by atoms with Crippen LogP contribution in [0.3, 0.4) is 0 Å². The highest BCUT2D eigenvalue weighted by molar-refractivity contribution is 5.46. The van der Waals surface area contributed by atoms with Gasteiger partial charge in [0.1, 0.15) is 0 Å². The van der Waals surface area contributed by atoms with Crippen molar-refractivity contribution in [3.63, 3.8) is 0 Å². The lowest BCUT2D eigenvalue weighted by Gasteiger charge is -2.37. The quantitative estimate of drug-likeness (QED) is 0.675. The fourth-order valence-electron chi connectivity index (χ4n) is 3.00. The Hall–Kier alpha value is -2.44. The molecule has 126 valence electrons. The van der Waals surface area contributed by atoms with Gasteiger partial charge in [-0.25, -0.2) is 0 Å². The third kappa shape index (κ3) is 3.90. The van der Waals surface area contributed by atoms with Crippen LogP contribution in [0.25, 0.3) is 0 Å². The second-order valence-electron chi connectivity index (χ2n) is 5.99. The molecular weight excluding hydrogens is 306 g/mol. The average Bonchev–Trinajstić information content (AvgIpc) is 2.63. The molecule has 1 saturated heterocycles. The Balaban J connectivity index is 1.53. The Morgan fingerprint density at radius 2 is 1.62 bits per heavy atom. The Labute approximate surface area is 141 Å². The fraction of sp³-hybridized carbons (Fsp3) is 0.333. The molecule has 0 saturated carbocycles. The number of β-amino-alcohol motifs (C(OH)–C–C–N with tert-alkyl or cyclic N) is 1. The summed E-state index contributed by atoms with van der Waals surface area (Å²) >= 11 is 0. The first-order chi connectivity index (χ1) is 11.6. The molecule has 0 radical (unpaired) electrons. The van der Waals surface area contributed by atoms with Crippen molar-refractivity contribution in [3.8, 4) is 0 Å². The van der Waals surface area contributed by atoms with E-state index in [1.165, 1.54) is 17.8 Å². The maximum Gasteiger partial charge on any atom is 0.269 e. The predicted molar refractivity (Wildman–Crippen MR) is 93.2 cm³/mol. The summed E-state index contributed by atoms with van der Waals surface area (Å²) in [5, 5.41) is 21.0. The minimum absolute atomic E-state index is 0.0439. The van der Waals surface area contributed by atoms with Crippen LogP contribution >= 0.6 is 0 Å². The lowest BCUT2D eigenvalue weighted by molar-refractivity contribution is -0.384. The number of nitro groups is 1. The van der Waals surface area contributed by atoms with Crippen LogP contribution in [0.15, 0.2) is 54.6 Å². The highest BCUT2D eigenvalue weighted by Gasteiger charge is 2.20. The van der Waals surface area contributed by atoms with Crippen molar-refractivity contribution in [1.82, 2.24) is 4.90 Å². The van der Waals surface area contributed by atoms with Gasteiger partial charge < -0.3 is 10.0 Å². The average molecular weight is 327 g/mol. The van der Waals surface area contributed by atoms with Crippen LogP contribution in [0.2, 0.25) is 0 Å². The molecule has 0 aliphatic carbocycles. The molecule has 1 N–H and O–H groups in total. The smallest absolute Gasteiger partial charge is 0.269 e. The molecule has 1 aliphatic heterocycles. The maximum atomic E-state index is 10.7. The number of anilines is 1. The number of aliphatic hydroxyl groups is 1. The van der Waals surface area contributed by atoms with E-state index >= 15 is 0 Å². The van der Waals surface area contributed by atoms with Crippen LogP contribution in [0, 0.1) is 10.1 Å². The summed E-state index contributed by atoms with van der Waals surface area (Å²) in [6.07, 6.45) is -0.630. The van der Waals surface area contributed by atoms with E-state index in [0.29, 0.717) is 12.1 Å². The SMILES string of the molecule is O=[N+]([O-])c1ccc([C@@H](O)CN2CCN(c3ccccc3)CC2)cc1. The number of non-ortho nitro benzene ring substituents is 1. The van der Waals surface area contributed by atoms with E-state index in [9.17, 15) is 15.2 Å². The highest BCUT2D eigenvalue weighted by atomic mass is 16.6. The molecule has 0 spiro atoms. The number of benzene rings is 2. The van der Waals surface area contributed by atoms with E-state index in [1.807, 2.05) is 18.2 Å². The van der Waals surface area contributed by atoms with Gasteiger partial charge in [0.25, 0.3) is 5.69 Å². The Morgan fingerprint density at radius 1 is 1.00 bits per heavy atom. The third-order valence-corrected chi connectivity index (χ3v) is 4.41. The summed E-state index contributed by atoms with van der Waals surface area (Å²) in [5.74, 6) is 0. The van der Waals surface area contributed by atoms with Crippen molar-refractivity contribution in [2.24, 2.45) is 0 Å². The number of hydrogen-bond donors (Lipinski definition) is 1. The molecule has 2 aromatic carbocycles. The molecule has 1 aliphatic rings. The van der Waals surface area contributed by atoms with E-state index in [2.05, 4.69) is 21.9 Å². The van der Waals surface area contributed by atoms with Gasteiger partial charge in [-0.05, 0) is 29.8 Å². The number of rotatable bonds is 5. The van der Waals surface area contributed by atoms with Gasteiger partial charge in [-0.2, -0.15) is 0 Å². The number of hydrogen-bond acceptors (Lipinski definition) is 5. The van der Waals surface area contributed by atoms with E-state index < -0.39 is 11.0 Å². The minimum atomic E-state index is -0.630. The van der Waals surface area contributed by atoms with Gasteiger partial charge in [-0.1, -0.05) is 18.2 Å². The number of nitro benzene ring substituents is 1. The summed E-state index contributed by atoms with van der Waals surface area (Å²) in [4.78, 5) is 14.8. The molecular formula is C18H21N3O3. The number of aliphatic hydroxyl groups excluding tert-OH is 1. The highest BCUT2D eigenvalue weighted by Crippen LogP contribution is 2.20. The lowest BCUT2D eigenvalue weighted by atomic mass is 10.1. The Bertz CT molecular complexity index is 668. The molecule has 1 heterocycles. The van der Waals surface area contributed by atoms with Crippen molar-refractivity contribution in [2.75, 3.05) is 37.6 Å². The van der Waals surface area contributed by atoms with Crippen LogP contribution < -0.4 is 4.90 Å².